The standard InChI is InChI=1S/C10H13BrN2O3/c1-13-4-2-6(3-5-13)7-8(10(14)15)16-12-9(7)11/h6H,2-5H2,1H3,(H,14,15). The van der Waals surface area contributed by atoms with E-state index in [2.05, 4.69) is 33.0 Å². The number of carboxylic acid groups (broad SMARTS) is 1. The second kappa shape index (κ2) is 4.55. The van der Waals surface area contributed by atoms with E-state index in [1.165, 1.54) is 0 Å². The number of rotatable bonds is 2. The lowest BCUT2D eigenvalue weighted by Gasteiger charge is -2.28. The molecule has 1 aromatic rings. The summed E-state index contributed by atoms with van der Waals surface area (Å²) in [6.45, 7) is 1.95. The van der Waals surface area contributed by atoms with E-state index in [4.69, 9.17) is 9.63 Å². The molecule has 0 saturated carbocycles. The van der Waals surface area contributed by atoms with Crippen LogP contribution in [0.25, 0.3) is 0 Å². The molecule has 16 heavy (non-hydrogen) atoms. The molecular weight excluding hydrogens is 276 g/mol. The Morgan fingerprint density at radius 1 is 1.56 bits per heavy atom. The van der Waals surface area contributed by atoms with Crippen molar-refractivity contribution < 1.29 is 14.4 Å². The summed E-state index contributed by atoms with van der Waals surface area (Å²) in [5, 5.41) is 12.7. The first kappa shape index (κ1) is 11.6. The lowest BCUT2D eigenvalue weighted by atomic mass is 9.90. The fraction of sp³-hybridized carbons (Fsp3) is 0.600. The second-order valence-corrected chi connectivity index (χ2v) is 4.85. The van der Waals surface area contributed by atoms with Gasteiger partial charge in [0.15, 0.2) is 4.60 Å². The molecule has 0 aliphatic carbocycles. The summed E-state index contributed by atoms with van der Waals surface area (Å²) in [6.07, 6.45) is 1.88. The van der Waals surface area contributed by atoms with E-state index < -0.39 is 5.97 Å². The lowest BCUT2D eigenvalue weighted by molar-refractivity contribution is 0.0648. The molecule has 0 radical (unpaired) electrons. The van der Waals surface area contributed by atoms with Gasteiger partial charge in [0.2, 0.25) is 5.76 Å². The van der Waals surface area contributed by atoms with Gasteiger partial charge in [-0.1, -0.05) is 5.16 Å². The molecule has 6 heteroatoms. The number of aromatic carboxylic acids is 1. The number of carboxylic acids is 1. The van der Waals surface area contributed by atoms with Crippen molar-refractivity contribution in [2.75, 3.05) is 20.1 Å². The van der Waals surface area contributed by atoms with Crippen molar-refractivity contribution in [1.82, 2.24) is 10.1 Å². The minimum atomic E-state index is -1.05. The first-order chi connectivity index (χ1) is 7.59. The van der Waals surface area contributed by atoms with Crippen LogP contribution >= 0.6 is 15.9 Å². The summed E-state index contributed by atoms with van der Waals surface area (Å²) in [5.41, 5.74) is 0.709. The molecule has 2 rings (SSSR count). The Labute approximate surface area is 102 Å². The van der Waals surface area contributed by atoms with Gasteiger partial charge in [-0.2, -0.15) is 0 Å². The van der Waals surface area contributed by atoms with Crippen molar-refractivity contribution in [2.24, 2.45) is 0 Å². The van der Waals surface area contributed by atoms with E-state index in [9.17, 15) is 4.79 Å². The van der Waals surface area contributed by atoms with Crippen LogP contribution < -0.4 is 0 Å². The van der Waals surface area contributed by atoms with Gasteiger partial charge in [-0.15, -0.1) is 0 Å². The molecule has 1 saturated heterocycles. The van der Waals surface area contributed by atoms with Crippen LogP contribution in [0.3, 0.4) is 0 Å². The van der Waals surface area contributed by atoms with Crippen molar-refractivity contribution >= 4 is 21.9 Å². The molecule has 0 unspecified atom stereocenters. The van der Waals surface area contributed by atoms with E-state index in [1.54, 1.807) is 0 Å². The Balaban J connectivity index is 2.25. The number of likely N-dealkylation sites (tertiary alicyclic amines) is 1. The summed E-state index contributed by atoms with van der Waals surface area (Å²) in [6, 6.07) is 0. The van der Waals surface area contributed by atoms with Gasteiger partial charge in [-0.3, -0.25) is 0 Å². The van der Waals surface area contributed by atoms with Crippen LogP contribution in [0, 0.1) is 0 Å². The highest BCUT2D eigenvalue weighted by molar-refractivity contribution is 9.10. The predicted molar refractivity (Wildman–Crippen MR) is 60.6 cm³/mol. The summed E-state index contributed by atoms with van der Waals surface area (Å²) in [7, 11) is 2.07. The monoisotopic (exact) mass is 288 g/mol. The van der Waals surface area contributed by atoms with Crippen molar-refractivity contribution in [3.63, 3.8) is 0 Å². The smallest absolute Gasteiger partial charge is 0.375 e. The molecular formula is C10H13BrN2O3. The Bertz CT molecular complexity index is 397. The van der Waals surface area contributed by atoms with Gasteiger partial charge in [0.25, 0.3) is 0 Å². The molecule has 5 nitrogen and oxygen atoms in total. The third-order valence-corrected chi connectivity index (χ3v) is 3.58. The molecule has 0 amide bonds. The molecule has 0 bridgehead atoms. The number of halogens is 1. The highest BCUT2D eigenvalue weighted by Gasteiger charge is 2.29. The van der Waals surface area contributed by atoms with Gasteiger partial charge in [0, 0.05) is 5.56 Å². The highest BCUT2D eigenvalue weighted by atomic mass is 79.9. The third-order valence-electron chi connectivity index (χ3n) is 3.01. The van der Waals surface area contributed by atoms with Crippen LogP contribution in [-0.4, -0.2) is 41.3 Å². The maximum Gasteiger partial charge on any atom is 0.375 e. The molecule has 1 aliphatic rings. The largest absolute Gasteiger partial charge is 0.475 e. The average molecular weight is 289 g/mol. The topological polar surface area (TPSA) is 66.6 Å². The van der Waals surface area contributed by atoms with Crippen molar-refractivity contribution in [1.29, 1.82) is 0 Å². The Morgan fingerprint density at radius 2 is 2.19 bits per heavy atom. The van der Waals surface area contributed by atoms with Gasteiger partial charge < -0.3 is 14.5 Å². The molecule has 1 N–H and O–H groups in total. The van der Waals surface area contributed by atoms with E-state index in [0.717, 1.165) is 25.9 Å². The number of piperidine rings is 1. The summed E-state index contributed by atoms with van der Waals surface area (Å²) < 4.78 is 5.35. The van der Waals surface area contributed by atoms with Crippen LogP contribution in [0.4, 0.5) is 0 Å². The van der Waals surface area contributed by atoms with Crippen molar-refractivity contribution in [3.05, 3.63) is 15.9 Å². The summed E-state index contributed by atoms with van der Waals surface area (Å²) in [5.74, 6) is -0.850. The summed E-state index contributed by atoms with van der Waals surface area (Å²) in [4.78, 5) is 13.2. The average Bonchev–Trinajstić information content (AvgIpc) is 2.62. The second-order valence-electron chi connectivity index (χ2n) is 4.10. The van der Waals surface area contributed by atoms with Gasteiger partial charge >= 0.3 is 5.97 Å². The predicted octanol–water partition coefficient (Wildman–Crippen LogP) is 1.94. The maximum absolute atomic E-state index is 11.0. The van der Waals surface area contributed by atoms with Gasteiger partial charge in [0.1, 0.15) is 0 Å². The van der Waals surface area contributed by atoms with Gasteiger partial charge in [0.05, 0.1) is 0 Å². The SMILES string of the molecule is CN1CCC(c2c(Br)noc2C(=O)O)CC1. The van der Waals surface area contributed by atoms with E-state index in [0.29, 0.717) is 10.2 Å². The van der Waals surface area contributed by atoms with Crippen LogP contribution in [0.5, 0.6) is 0 Å². The highest BCUT2D eigenvalue weighted by Crippen LogP contribution is 2.34. The minimum absolute atomic E-state index is 0.0265. The van der Waals surface area contributed by atoms with E-state index >= 15 is 0 Å². The van der Waals surface area contributed by atoms with Crippen molar-refractivity contribution in [2.45, 2.75) is 18.8 Å². The normalized spacial score (nSPS) is 18.9. The Morgan fingerprint density at radius 3 is 2.75 bits per heavy atom. The first-order valence-electron chi connectivity index (χ1n) is 5.16. The molecule has 0 aromatic carbocycles. The first-order valence-corrected chi connectivity index (χ1v) is 5.95. The zero-order chi connectivity index (χ0) is 11.7. The molecule has 2 heterocycles. The van der Waals surface area contributed by atoms with E-state index in [1.807, 2.05) is 0 Å². The van der Waals surface area contributed by atoms with Gasteiger partial charge in [-0.25, -0.2) is 4.79 Å². The molecule has 88 valence electrons. The lowest BCUT2D eigenvalue weighted by Crippen LogP contribution is -2.29. The Kier molecular flexibility index (Phi) is 3.30. The minimum Gasteiger partial charge on any atom is -0.475 e. The van der Waals surface area contributed by atoms with E-state index in [-0.39, 0.29) is 11.7 Å². The molecule has 1 aromatic heterocycles. The van der Waals surface area contributed by atoms with Crippen LogP contribution in [0.15, 0.2) is 9.13 Å². The zero-order valence-corrected chi connectivity index (χ0v) is 10.5. The quantitative estimate of drug-likeness (QED) is 0.901. The molecule has 1 aliphatic heterocycles. The zero-order valence-electron chi connectivity index (χ0n) is 8.94. The molecule has 0 spiro atoms. The van der Waals surface area contributed by atoms with Crippen LogP contribution in [0.2, 0.25) is 0 Å². The third kappa shape index (κ3) is 2.12. The number of hydrogen-bond acceptors (Lipinski definition) is 4. The van der Waals surface area contributed by atoms with Crippen LogP contribution in [0.1, 0.15) is 34.9 Å². The molecule has 1 fully saturated rings. The number of hydrogen-bond donors (Lipinski definition) is 1. The number of carbonyl (C=O) groups is 1. The number of nitrogens with zero attached hydrogens (tertiary/aromatic N) is 2. The van der Waals surface area contributed by atoms with Gasteiger partial charge in [-0.05, 0) is 54.8 Å². The van der Waals surface area contributed by atoms with Crippen molar-refractivity contribution in [3.8, 4) is 0 Å². The summed E-state index contributed by atoms with van der Waals surface area (Å²) >= 11 is 3.25. The number of aromatic nitrogens is 1. The fourth-order valence-corrected chi connectivity index (χ4v) is 2.66. The Hall–Kier alpha value is -0.880. The maximum atomic E-state index is 11.0. The van der Waals surface area contributed by atoms with Crippen LogP contribution in [-0.2, 0) is 0 Å². The fourth-order valence-electron chi connectivity index (χ4n) is 2.08. The molecule has 0 atom stereocenters.